The lowest BCUT2D eigenvalue weighted by atomic mass is 10.1. The summed E-state index contributed by atoms with van der Waals surface area (Å²) in [7, 11) is 0. The van der Waals surface area contributed by atoms with Crippen LogP contribution >= 0.6 is 0 Å². The summed E-state index contributed by atoms with van der Waals surface area (Å²) in [6.45, 7) is 0. The summed E-state index contributed by atoms with van der Waals surface area (Å²) in [5, 5.41) is 25.8. The van der Waals surface area contributed by atoms with E-state index in [0.29, 0.717) is 0 Å². The highest BCUT2D eigenvalue weighted by Crippen LogP contribution is 2.04. The molecule has 0 fully saturated rings. The average molecular weight is 272 g/mol. The molecule has 2 aliphatic carbocycles. The highest BCUT2D eigenvalue weighted by Gasteiger charge is 2.19. The van der Waals surface area contributed by atoms with E-state index in [9.17, 15) is 17.6 Å². The predicted octanol–water partition coefficient (Wildman–Crippen LogP) is -0.428. The first kappa shape index (κ1) is 12.9. The Balaban J connectivity index is 3.61. The monoisotopic (exact) mass is 272 g/mol. The van der Waals surface area contributed by atoms with Gasteiger partial charge in [-0.05, 0) is 0 Å². The molecule has 4 N–H and O–H groups in total. The minimum atomic E-state index is -1.78. The molecule has 0 aromatic rings. The third kappa shape index (κ3) is 1.47. The maximum absolute atomic E-state index is 13.7. The van der Waals surface area contributed by atoms with Gasteiger partial charge < -0.3 is 5.21 Å². The fraction of sp³-hybridized carbons (Fsp3) is 0. The molecule has 0 saturated heterocycles. The number of hydrogen-bond acceptors (Lipinski definition) is 5. The molecule has 0 spiro atoms. The Bertz CT molecular complexity index is 975. The summed E-state index contributed by atoms with van der Waals surface area (Å²) < 4.78 is 53.9. The first-order valence-electron chi connectivity index (χ1n) is 4.68. The van der Waals surface area contributed by atoms with Crippen LogP contribution in [0.15, 0.2) is 5.16 Å². The highest BCUT2D eigenvalue weighted by atomic mass is 19.2. The van der Waals surface area contributed by atoms with E-state index in [-0.39, 0.29) is 0 Å². The second kappa shape index (κ2) is 3.97. The Morgan fingerprint density at radius 1 is 0.684 bits per heavy atom. The zero-order valence-corrected chi connectivity index (χ0v) is 8.91. The minimum absolute atomic E-state index is 1.04. The Hall–Kier alpha value is -2.58. The largest absolute Gasteiger partial charge is 0.410 e. The minimum Gasteiger partial charge on any atom is -0.410 e. The molecule has 0 aromatic carbocycles. The van der Waals surface area contributed by atoms with Crippen LogP contribution in [0.1, 0.15) is 0 Å². The lowest BCUT2D eigenvalue weighted by molar-refractivity contribution is 0.298. The van der Waals surface area contributed by atoms with Gasteiger partial charge in [0.15, 0.2) is 23.3 Å². The number of halogens is 4. The Kier molecular flexibility index (Phi) is 2.69. The van der Waals surface area contributed by atoms with Gasteiger partial charge in [0.05, 0.1) is 15.8 Å². The smallest absolute Gasteiger partial charge is 0.186 e. The number of nitrogens with one attached hydrogen (secondary N) is 3. The molecule has 9 heteroatoms. The molecule has 0 radical (unpaired) electrons. The van der Waals surface area contributed by atoms with Crippen molar-refractivity contribution in [2.24, 2.45) is 5.16 Å². The third-order valence-corrected chi connectivity index (χ3v) is 2.59. The summed E-state index contributed by atoms with van der Waals surface area (Å²) in [6.07, 6.45) is 0. The molecule has 0 bridgehead atoms. The van der Waals surface area contributed by atoms with Crippen molar-refractivity contribution in [3.8, 4) is 0 Å². The van der Waals surface area contributed by atoms with Crippen LogP contribution in [0.4, 0.5) is 17.6 Å². The first-order valence-corrected chi connectivity index (χ1v) is 4.68. The Morgan fingerprint density at radius 3 is 1.68 bits per heavy atom. The van der Waals surface area contributed by atoms with E-state index < -0.39 is 55.1 Å². The van der Waals surface area contributed by atoms with Crippen LogP contribution < -0.4 is 21.4 Å². The van der Waals surface area contributed by atoms with Crippen molar-refractivity contribution in [1.82, 2.24) is 0 Å². The molecule has 0 aromatic heterocycles. The van der Waals surface area contributed by atoms with Gasteiger partial charge in [-0.3, -0.25) is 16.2 Å². The average Bonchev–Trinajstić information content (AvgIpc) is 2.40. The topological polar surface area (TPSA) is 104 Å². The summed E-state index contributed by atoms with van der Waals surface area (Å²) in [6, 6.07) is 0. The van der Waals surface area contributed by atoms with Crippen LogP contribution in [0.3, 0.4) is 0 Å². The molecule has 0 unspecified atom stereocenters. The maximum atomic E-state index is 13.7. The van der Waals surface area contributed by atoms with Gasteiger partial charge in [-0.15, -0.1) is 0 Å². The second-order valence-corrected chi connectivity index (χ2v) is 3.58. The van der Waals surface area contributed by atoms with Crippen LogP contribution in [-0.2, 0) is 0 Å². The predicted molar refractivity (Wildman–Crippen MR) is 48.9 cm³/mol. The van der Waals surface area contributed by atoms with E-state index >= 15 is 0 Å². The molecule has 98 valence electrons. The number of nitrogens with zero attached hydrogens (tertiary/aromatic N) is 1. The van der Waals surface area contributed by atoms with Gasteiger partial charge in [-0.25, -0.2) is 17.6 Å². The molecule has 0 atom stereocenters. The van der Waals surface area contributed by atoms with E-state index in [0.717, 1.165) is 0 Å². The van der Waals surface area contributed by atoms with E-state index in [1.165, 1.54) is 0 Å². The molecule has 5 nitrogen and oxygen atoms in total. The molecule has 0 aliphatic heterocycles. The molecular weight excluding hydrogens is 268 g/mol. The standard InChI is InChI=1S/C10H4F4N4O/c11-3-1-2(10(18-19)9(17)6(3)14)4(12)5(13)8(16)7(1)15/h15-17,19H/b15-7?,16-8?,17-9?,18-10-. The van der Waals surface area contributed by atoms with Gasteiger partial charge >= 0.3 is 0 Å². The number of hydrogen-bond donors (Lipinski definition) is 4. The normalized spacial score (nSPS) is 12.3. The van der Waals surface area contributed by atoms with Gasteiger partial charge in [-0.1, -0.05) is 5.16 Å². The Labute approximate surface area is 100 Å². The number of rotatable bonds is 0. The molecule has 2 rings (SSSR count). The van der Waals surface area contributed by atoms with E-state index in [2.05, 4.69) is 5.16 Å². The van der Waals surface area contributed by atoms with Crippen molar-refractivity contribution in [2.75, 3.05) is 0 Å². The summed E-state index contributed by atoms with van der Waals surface area (Å²) >= 11 is 0. The molecule has 0 amide bonds. The van der Waals surface area contributed by atoms with Crippen molar-refractivity contribution in [3.05, 3.63) is 55.1 Å². The van der Waals surface area contributed by atoms with Crippen LogP contribution in [0, 0.1) is 49.9 Å². The first-order chi connectivity index (χ1) is 8.82. The zero-order valence-electron chi connectivity index (χ0n) is 8.91. The molecule has 2 aliphatic rings. The van der Waals surface area contributed by atoms with Crippen LogP contribution in [0.2, 0.25) is 0 Å². The van der Waals surface area contributed by atoms with Crippen LogP contribution in [0.25, 0.3) is 0 Å². The summed E-state index contributed by atoms with van der Waals surface area (Å²) in [5.74, 6) is -7.10. The van der Waals surface area contributed by atoms with Crippen molar-refractivity contribution in [3.63, 3.8) is 0 Å². The van der Waals surface area contributed by atoms with Crippen LogP contribution in [0.5, 0.6) is 0 Å². The lowest BCUT2D eigenvalue weighted by Gasteiger charge is -2.01. The second-order valence-electron chi connectivity index (χ2n) is 3.58. The van der Waals surface area contributed by atoms with Gasteiger partial charge in [0.2, 0.25) is 0 Å². The van der Waals surface area contributed by atoms with Crippen molar-refractivity contribution in [1.29, 1.82) is 16.2 Å². The fourth-order valence-corrected chi connectivity index (χ4v) is 1.68. The van der Waals surface area contributed by atoms with Gasteiger partial charge in [0.1, 0.15) is 16.1 Å². The SMILES string of the molecule is N=c1c(F)c(F)c2/c(=N/O)c(=N)c(F)c(F)c=2c1=N. The quantitative estimate of drug-likeness (QED) is 0.292. The van der Waals surface area contributed by atoms with Gasteiger partial charge in [-0.2, -0.15) is 0 Å². The molecule has 19 heavy (non-hydrogen) atoms. The summed E-state index contributed by atoms with van der Waals surface area (Å²) in [5.41, 5.74) is 0. The maximum Gasteiger partial charge on any atom is 0.186 e. The third-order valence-electron chi connectivity index (χ3n) is 2.59. The van der Waals surface area contributed by atoms with E-state index in [1.807, 2.05) is 0 Å². The highest BCUT2D eigenvalue weighted by molar-refractivity contribution is 5.19. The van der Waals surface area contributed by atoms with Crippen LogP contribution in [-0.4, -0.2) is 5.21 Å². The summed E-state index contributed by atoms with van der Waals surface area (Å²) in [4.78, 5) is 0. The molecule has 0 heterocycles. The van der Waals surface area contributed by atoms with Crippen molar-refractivity contribution < 1.29 is 22.8 Å². The molecule has 0 saturated carbocycles. The van der Waals surface area contributed by atoms with E-state index in [4.69, 9.17) is 21.4 Å². The Morgan fingerprint density at radius 2 is 1.16 bits per heavy atom. The lowest BCUT2D eigenvalue weighted by Crippen LogP contribution is -2.39. The zero-order chi connectivity index (χ0) is 14.5. The van der Waals surface area contributed by atoms with Crippen molar-refractivity contribution in [2.45, 2.75) is 0 Å². The van der Waals surface area contributed by atoms with Crippen molar-refractivity contribution >= 4 is 0 Å². The van der Waals surface area contributed by atoms with E-state index in [1.54, 1.807) is 0 Å². The molecular formula is C10H4F4N4O. The van der Waals surface area contributed by atoms with Gasteiger partial charge in [0, 0.05) is 0 Å². The van der Waals surface area contributed by atoms with Gasteiger partial charge in [0.25, 0.3) is 0 Å². The fourth-order valence-electron chi connectivity index (χ4n) is 1.68.